The van der Waals surface area contributed by atoms with E-state index in [2.05, 4.69) is 37.5 Å². The summed E-state index contributed by atoms with van der Waals surface area (Å²) in [5.41, 5.74) is 2.83. The molecule has 1 unspecified atom stereocenters. The Labute approximate surface area is 365 Å². The summed E-state index contributed by atoms with van der Waals surface area (Å²) < 4.78 is 44.8. The van der Waals surface area contributed by atoms with Crippen molar-refractivity contribution in [3.05, 3.63) is 124 Å². The van der Waals surface area contributed by atoms with Crippen molar-refractivity contribution >= 4 is 52.6 Å². The number of aromatic nitrogens is 3. The van der Waals surface area contributed by atoms with Gasteiger partial charge in [-0.15, -0.1) is 11.8 Å². The molecule has 3 aliphatic heterocycles. The molecule has 63 heavy (non-hydrogen) atoms. The Balaban J connectivity index is 0.794. The number of amides is 5. The van der Waals surface area contributed by atoms with Crippen LogP contribution in [0.25, 0.3) is 5.65 Å². The number of hydrogen-bond acceptors (Lipinski definition) is 10. The van der Waals surface area contributed by atoms with E-state index in [1.54, 1.807) is 65.4 Å². The number of unbranched alkanes of at least 4 members (excludes halogenated alkanes) is 2. The molecule has 5 amide bonds. The average Bonchev–Trinajstić information content (AvgIpc) is 3.79. The van der Waals surface area contributed by atoms with Gasteiger partial charge in [0.25, 0.3) is 17.7 Å². The van der Waals surface area contributed by atoms with Crippen molar-refractivity contribution in [1.82, 2.24) is 34.6 Å². The van der Waals surface area contributed by atoms with Gasteiger partial charge in [0, 0.05) is 67.1 Å². The molecule has 0 bridgehead atoms. The van der Waals surface area contributed by atoms with Crippen molar-refractivity contribution in [3.63, 3.8) is 0 Å². The molecule has 0 saturated carbocycles. The summed E-state index contributed by atoms with van der Waals surface area (Å²) in [5.74, 6) is 4.17. The second-order valence-electron chi connectivity index (χ2n) is 15.7. The fourth-order valence-corrected chi connectivity index (χ4v) is 9.10. The van der Waals surface area contributed by atoms with Gasteiger partial charge in [0.05, 0.1) is 22.9 Å². The fourth-order valence-electron chi connectivity index (χ4n) is 8.02. The van der Waals surface area contributed by atoms with Gasteiger partial charge in [0.2, 0.25) is 11.8 Å². The lowest BCUT2D eigenvalue weighted by atomic mass is 10.0. The number of carbonyl (C=O) groups is 5. The van der Waals surface area contributed by atoms with Gasteiger partial charge in [-0.05, 0) is 104 Å². The zero-order chi connectivity index (χ0) is 44.3. The van der Waals surface area contributed by atoms with E-state index in [1.165, 1.54) is 23.9 Å². The van der Waals surface area contributed by atoms with Gasteiger partial charge in [-0.3, -0.25) is 39.1 Å². The molecule has 0 spiro atoms. The Morgan fingerprint density at radius 2 is 1.73 bits per heavy atom. The number of imidazole rings is 1. The van der Waals surface area contributed by atoms with E-state index in [0.29, 0.717) is 40.5 Å². The summed E-state index contributed by atoms with van der Waals surface area (Å²) in [7, 11) is 0. The van der Waals surface area contributed by atoms with Gasteiger partial charge in [0.15, 0.2) is 5.65 Å². The second kappa shape index (κ2) is 18.6. The smallest absolute Gasteiger partial charge is 0.322 e. The molecule has 2 N–H and O–H groups in total. The lowest BCUT2D eigenvalue weighted by Gasteiger charge is -2.35. The first-order valence-electron chi connectivity index (χ1n) is 20.7. The lowest BCUT2D eigenvalue weighted by molar-refractivity contribution is -0.138. The zero-order valence-electron chi connectivity index (χ0n) is 34.3. The maximum Gasteiger partial charge on any atom is 0.416 e. The third kappa shape index (κ3) is 9.68. The van der Waals surface area contributed by atoms with E-state index in [-0.39, 0.29) is 41.8 Å². The van der Waals surface area contributed by atoms with Crippen molar-refractivity contribution in [1.29, 1.82) is 0 Å². The number of imide groups is 2. The van der Waals surface area contributed by atoms with E-state index in [1.807, 2.05) is 11.8 Å². The highest BCUT2D eigenvalue weighted by atomic mass is 32.2. The van der Waals surface area contributed by atoms with Crippen molar-refractivity contribution in [3.8, 4) is 11.8 Å². The number of nitrogens with zero attached hydrogens (tertiary/aromatic N) is 6. The van der Waals surface area contributed by atoms with Gasteiger partial charge in [-0.1, -0.05) is 30.5 Å². The summed E-state index contributed by atoms with van der Waals surface area (Å²) >= 11 is 1.49. The van der Waals surface area contributed by atoms with Crippen LogP contribution < -0.4 is 10.6 Å². The number of rotatable bonds is 12. The van der Waals surface area contributed by atoms with Gasteiger partial charge >= 0.3 is 6.18 Å². The predicted octanol–water partition coefficient (Wildman–Crippen LogP) is 6.19. The first-order valence-corrected chi connectivity index (χ1v) is 21.7. The third-order valence-corrected chi connectivity index (χ3v) is 12.6. The maximum absolute atomic E-state index is 14.4. The van der Waals surface area contributed by atoms with Crippen LogP contribution in [0.15, 0.2) is 84.0 Å². The molecule has 3 aromatic carbocycles. The molecule has 324 valence electrons. The largest absolute Gasteiger partial charge is 0.416 e. The van der Waals surface area contributed by atoms with Gasteiger partial charge in [-0.25, -0.2) is 9.50 Å². The van der Waals surface area contributed by atoms with Crippen molar-refractivity contribution in [2.75, 3.05) is 43.8 Å². The molecular weight excluding hydrogens is 834 g/mol. The van der Waals surface area contributed by atoms with Crippen molar-refractivity contribution in [2.45, 2.75) is 62.7 Å². The minimum Gasteiger partial charge on any atom is -0.322 e. The fraction of sp³-hybridized carbons (Fsp3) is 0.326. The number of fused-ring (bicyclic) bond motifs is 2. The van der Waals surface area contributed by atoms with Gasteiger partial charge in [0.1, 0.15) is 11.7 Å². The monoisotopic (exact) mass is 876 g/mol. The molecule has 1 atom stereocenters. The molecule has 2 aromatic heterocycles. The molecule has 17 heteroatoms. The SMILES string of the molecule is Cc1ccc(C(=O)Nc2ccc(CN3CCN(CCCCCSc4cccc5c4C(=O)N(C4CCC(=O)NC4=O)C5=O)CC3)c(C(F)(F)F)c2)cc1C#Cc1cnc2cccnn12. The Morgan fingerprint density at radius 1 is 0.921 bits per heavy atom. The highest BCUT2D eigenvalue weighted by Gasteiger charge is 2.45. The molecule has 13 nitrogen and oxygen atoms in total. The van der Waals surface area contributed by atoms with Gasteiger partial charge < -0.3 is 10.2 Å². The van der Waals surface area contributed by atoms with Crippen LogP contribution in [0.2, 0.25) is 0 Å². The molecule has 5 aromatic rings. The zero-order valence-corrected chi connectivity index (χ0v) is 35.2. The summed E-state index contributed by atoms with van der Waals surface area (Å²) in [6.07, 6.45) is 1.49. The van der Waals surface area contributed by atoms with Crippen LogP contribution in [0.5, 0.6) is 0 Å². The number of piperidine rings is 1. The number of alkyl halides is 3. The van der Waals surface area contributed by atoms with Crippen LogP contribution in [0, 0.1) is 18.8 Å². The maximum atomic E-state index is 14.4. The molecule has 5 heterocycles. The summed E-state index contributed by atoms with van der Waals surface area (Å²) in [5, 5.41) is 9.11. The van der Waals surface area contributed by atoms with E-state index in [0.717, 1.165) is 61.2 Å². The van der Waals surface area contributed by atoms with E-state index in [9.17, 15) is 37.1 Å². The number of piperazine rings is 1. The number of benzene rings is 3. The Hall–Kier alpha value is -6.35. The number of thioether (sulfide) groups is 1. The number of aryl methyl sites for hydroxylation is 1. The number of carbonyl (C=O) groups excluding carboxylic acids is 5. The Bertz CT molecular complexity index is 2680. The minimum atomic E-state index is -4.63. The number of nitrogens with one attached hydrogen (secondary N) is 2. The molecule has 8 rings (SSSR count). The Morgan fingerprint density at radius 3 is 2.52 bits per heavy atom. The van der Waals surface area contributed by atoms with Crippen LogP contribution in [0.1, 0.15) is 91.1 Å². The average molecular weight is 877 g/mol. The second-order valence-corrected chi connectivity index (χ2v) is 16.8. The van der Waals surface area contributed by atoms with E-state index in [4.69, 9.17) is 0 Å². The van der Waals surface area contributed by atoms with Crippen LogP contribution >= 0.6 is 11.8 Å². The van der Waals surface area contributed by atoms with Gasteiger partial charge in [-0.2, -0.15) is 18.3 Å². The third-order valence-electron chi connectivity index (χ3n) is 11.4. The van der Waals surface area contributed by atoms with E-state index >= 15 is 0 Å². The molecule has 0 aliphatic carbocycles. The minimum absolute atomic E-state index is 0.0389. The van der Waals surface area contributed by atoms with Crippen molar-refractivity contribution in [2.24, 2.45) is 0 Å². The highest BCUT2D eigenvalue weighted by Crippen LogP contribution is 2.36. The summed E-state index contributed by atoms with van der Waals surface area (Å²) in [6, 6.07) is 16.6. The quantitative estimate of drug-likeness (QED) is 0.0644. The normalized spacial score (nSPS) is 17.1. The summed E-state index contributed by atoms with van der Waals surface area (Å²) in [6.45, 7) is 5.49. The first kappa shape index (κ1) is 43.3. The van der Waals surface area contributed by atoms with Crippen LogP contribution in [0.3, 0.4) is 0 Å². The predicted molar refractivity (Wildman–Crippen MR) is 229 cm³/mol. The number of anilines is 1. The number of hydrogen-bond donors (Lipinski definition) is 2. The number of halogens is 3. The lowest BCUT2D eigenvalue weighted by Crippen LogP contribution is -2.54. The molecule has 3 aliphatic rings. The highest BCUT2D eigenvalue weighted by molar-refractivity contribution is 7.99. The van der Waals surface area contributed by atoms with Crippen LogP contribution in [-0.4, -0.2) is 103 Å². The molecule has 2 saturated heterocycles. The summed E-state index contributed by atoms with van der Waals surface area (Å²) in [4.78, 5) is 74.1. The van der Waals surface area contributed by atoms with Crippen LogP contribution in [0.4, 0.5) is 18.9 Å². The van der Waals surface area contributed by atoms with Crippen molar-refractivity contribution < 1.29 is 37.1 Å². The van der Waals surface area contributed by atoms with E-state index < -0.39 is 47.3 Å². The molecule has 0 radical (unpaired) electrons. The molecular formula is C46H43F3N8O5S. The topological polar surface area (TPSA) is 149 Å². The Kier molecular flexibility index (Phi) is 12.8. The van der Waals surface area contributed by atoms with Crippen LogP contribution in [-0.2, 0) is 22.3 Å². The first-order chi connectivity index (χ1) is 30.3. The standard InChI is InChI=1S/C46H43F3N8O5S/c1-29-10-11-31(25-30(29)13-15-34-27-50-39-9-6-18-51-57(34)39)42(59)52-33-14-12-32(36(26-33)46(47,48)49)28-55-22-20-54(21-23-55)19-3-2-4-24-63-38-8-5-7-35-41(38)45(62)56(44(35)61)37-16-17-40(58)53-43(37)60/h5-12,14,18,25-27,37H,2-4,16-17,19-24,28H2,1H3,(H,52,59)(H,53,58,60). The molecule has 2 fully saturated rings.